The SMILES string of the molecule is Cc1nnc(CN(C)CCC(=O)Nc2ccc(Cl)cc2)o1. The summed E-state index contributed by atoms with van der Waals surface area (Å²) in [6, 6.07) is 7.01. The zero-order valence-electron chi connectivity index (χ0n) is 12.0. The Labute approximate surface area is 128 Å². The van der Waals surface area contributed by atoms with Gasteiger partial charge >= 0.3 is 0 Å². The lowest BCUT2D eigenvalue weighted by molar-refractivity contribution is -0.116. The quantitative estimate of drug-likeness (QED) is 0.887. The number of nitrogens with one attached hydrogen (secondary N) is 1. The number of halogens is 1. The van der Waals surface area contributed by atoms with Crippen molar-refractivity contribution in [1.82, 2.24) is 15.1 Å². The average molecular weight is 309 g/mol. The molecular formula is C14H17ClN4O2. The molecule has 7 heteroatoms. The van der Waals surface area contributed by atoms with Crippen LogP contribution in [0, 0.1) is 6.92 Å². The van der Waals surface area contributed by atoms with Gasteiger partial charge in [-0.2, -0.15) is 0 Å². The molecule has 2 rings (SSSR count). The first-order valence-corrected chi connectivity index (χ1v) is 6.93. The molecule has 0 saturated carbocycles. The topological polar surface area (TPSA) is 71.3 Å². The number of nitrogens with zero attached hydrogens (tertiary/aromatic N) is 3. The third-order valence-corrected chi connectivity index (χ3v) is 3.07. The summed E-state index contributed by atoms with van der Waals surface area (Å²) in [5, 5.41) is 11.1. The van der Waals surface area contributed by atoms with E-state index < -0.39 is 0 Å². The second-order valence-corrected chi connectivity index (χ2v) is 5.19. The lowest BCUT2D eigenvalue weighted by Crippen LogP contribution is -2.24. The summed E-state index contributed by atoms with van der Waals surface area (Å²) >= 11 is 5.79. The highest BCUT2D eigenvalue weighted by Gasteiger charge is 2.09. The lowest BCUT2D eigenvalue weighted by atomic mass is 10.3. The van der Waals surface area contributed by atoms with Crippen molar-refractivity contribution in [1.29, 1.82) is 0 Å². The van der Waals surface area contributed by atoms with Crippen LogP contribution in [-0.2, 0) is 11.3 Å². The highest BCUT2D eigenvalue weighted by molar-refractivity contribution is 6.30. The largest absolute Gasteiger partial charge is 0.424 e. The molecular weight excluding hydrogens is 292 g/mol. The summed E-state index contributed by atoms with van der Waals surface area (Å²) < 4.78 is 5.29. The Morgan fingerprint density at radius 1 is 1.33 bits per heavy atom. The Hall–Kier alpha value is -1.92. The maximum Gasteiger partial charge on any atom is 0.230 e. The van der Waals surface area contributed by atoms with Gasteiger partial charge in [0.15, 0.2) is 0 Å². The number of anilines is 1. The maximum atomic E-state index is 11.8. The van der Waals surface area contributed by atoms with Crippen molar-refractivity contribution in [3.8, 4) is 0 Å². The summed E-state index contributed by atoms with van der Waals surface area (Å²) in [5.41, 5.74) is 0.736. The summed E-state index contributed by atoms with van der Waals surface area (Å²) in [6.45, 7) is 2.87. The Balaban J connectivity index is 1.74. The minimum absolute atomic E-state index is 0.0501. The molecule has 1 N–H and O–H groups in total. The summed E-state index contributed by atoms with van der Waals surface area (Å²) in [4.78, 5) is 13.8. The maximum absolute atomic E-state index is 11.8. The molecule has 1 heterocycles. The third kappa shape index (κ3) is 5.17. The number of carbonyl (C=O) groups is 1. The van der Waals surface area contributed by atoms with Gasteiger partial charge in [-0.1, -0.05) is 11.6 Å². The zero-order chi connectivity index (χ0) is 15.2. The molecule has 0 bridgehead atoms. The molecule has 0 aliphatic heterocycles. The van der Waals surface area contributed by atoms with E-state index in [9.17, 15) is 4.79 Å². The second-order valence-electron chi connectivity index (χ2n) is 4.76. The van der Waals surface area contributed by atoms with Gasteiger partial charge in [0.1, 0.15) is 0 Å². The number of aryl methyl sites for hydroxylation is 1. The van der Waals surface area contributed by atoms with Crippen molar-refractivity contribution in [2.24, 2.45) is 0 Å². The number of carbonyl (C=O) groups excluding carboxylic acids is 1. The van der Waals surface area contributed by atoms with Crippen molar-refractivity contribution in [3.05, 3.63) is 41.1 Å². The third-order valence-electron chi connectivity index (χ3n) is 2.82. The summed E-state index contributed by atoms with van der Waals surface area (Å²) in [7, 11) is 1.90. The second kappa shape index (κ2) is 7.19. The van der Waals surface area contributed by atoms with Gasteiger partial charge in [0.2, 0.25) is 17.7 Å². The van der Waals surface area contributed by atoms with Gasteiger partial charge in [0, 0.05) is 30.6 Å². The Morgan fingerprint density at radius 3 is 2.67 bits per heavy atom. The Bertz CT molecular complexity index is 597. The lowest BCUT2D eigenvalue weighted by Gasteiger charge is -2.13. The highest BCUT2D eigenvalue weighted by Crippen LogP contribution is 2.13. The van der Waals surface area contributed by atoms with Gasteiger partial charge in [-0.15, -0.1) is 10.2 Å². The van der Waals surface area contributed by atoms with Crippen LogP contribution >= 0.6 is 11.6 Å². The van der Waals surface area contributed by atoms with Crippen molar-refractivity contribution in [3.63, 3.8) is 0 Å². The molecule has 0 unspecified atom stereocenters. The van der Waals surface area contributed by atoms with Gasteiger partial charge < -0.3 is 9.73 Å². The van der Waals surface area contributed by atoms with E-state index >= 15 is 0 Å². The van der Waals surface area contributed by atoms with Crippen LogP contribution in [0.2, 0.25) is 5.02 Å². The van der Waals surface area contributed by atoms with E-state index in [1.807, 2.05) is 11.9 Å². The fourth-order valence-corrected chi connectivity index (χ4v) is 1.89. The first kappa shape index (κ1) is 15.5. The molecule has 1 aromatic carbocycles. The molecule has 0 fully saturated rings. The smallest absolute Gasteiger partial charge is 0.230 e. The van der Waals surface area contributed by atoms with Gasteiger partial charge in [-0.3, -0.25) is 9.69 Å². The molecule has 0 aliphatic carbocycles. The van der Waals surface area contributed by atoms with E-state index in [4.69, 9.17) is 16.0 Å². The molecule has 0 radical (unpaired) electrons. The molecule has 1 aromatic heterocycles. The minimum Gasteiger partial charge on any atom is -0.424 e. The van der Waals surface area contributed by atoms with Crippen LogP contribution < -0.4 is 5.32 Å². The highest BCUT2D eigenvalue weighted by atomic mass is 35.5. The van der Waals surface area contributed by atoms with E-state index in [-0.39, 0.29) is 5.91 Å². The van der Waals surface area contributed by atoms with E-state index in [1.165, 1.54) is 0 Å². The molecule has 0 aliphatic rings. The number of amides is 1. The van der Waals surface area contributed by atoms with Gasteiger partial charge in [0.05, 0.1) is 6.54 Å². The van der Waals surface area contributed by atoms with Crippen molar-refractivity contribution >= 4 is 23.2 Å². The number of hydrogen-bond acceptors (Lipinski definition) is 5. The first-order valence-electron chi connectivity index (χ1n) is 6.56. The molecule has 0 spiro atoms. The van der Waals surface area contributed by atoms with Gasteiger partial charge in [-0.25, -0.2) is 0 Å². The standard InChI is InChI=1S/C14H17ClN4O2/c1-10-17-18-14(21-10)9-19(2)8-7-13(20)16-12-5-3-11(15)4-6-12/h3-6H,7-9H2,1-2H3,(H,16,20). The summed E-state index contributed by atoms with van der Waals surface area (Å²) in [6.07, 6.45) is 0.381. The first-order chi connectivity index (χ1) is 10.0. The van der Waals surface area contributed by atoms with Crippen LogP contribution in [0.3, 0.4) is 0 Å². The van der Waals surface area contributed by atoms with Gasteiger partial charge in [0.25, 0.3) is 0 Å². The van der Waals surface area contributed by atoms with E-state index in [2.05, 4.69) is 15.5 Å². The predicted octanol–water partition coefficient (Wildman–Crippen LogP) is 2.49. The Kier molecular flexibility index (Phi) is 5.30. The fraction of sp³-hybridized carbons (Fsp3) is 0.357. The van der Waals surface area contributed by atoms with Crippen LogP contribution in [-0.4, -0.2) is 34.6 Å². The van der Waals surface area contributed by atoms with Crippen molar-refractivity contribution < 1.29 is 9.21 Å². The van der Waals surface area contributed by atoms with E-state index in [0.29, 0.717) is 36.3 Å². The number of benzene rings is 1. The van der Waals surface area contributed by atoms with E-state index in [1.54, 1.807) is 31.2 Å². The zero-order valence-corrected chi connectivity index (χ0v) is 12.7. The fourth-order valence-electron chi connectivity index (χ4n) is 1.76. The summed E-state index contributed by atoms with van der Waals surface area (Å²) in [5.74, 6) is 1.04. The van der Waals surface area contributed by atoms with Crippen LogP contribution in [0.25, 0.3) is 0 Å². The normalized spacial score (nSPS) is 10.9. The molecule has 112 valence electrons. The van der Waals surface area contributed by atoms with Crippen LogP contribution in [0.5, 0.6) is 0 Å². The monoisotopic (exact) mass is 308 g/mol. The minimum atomic E-state index is -0.0501. The molecule has 2 aromatic rings. The van der Waals surface area contributed by atoms with Crippen molar-refractivity contribution in [2.45, 2.75) is 19.9 Å². The van der Waals surface area contributed by atoms with Crippen LogP contribution in [0.4, 0.5) is 5.69 Å². The Morgan fingerprint density at radius 2 is 2.05 bits per heavy atom. The van der Waals surface area contributed by atoms with Crippen molar-refractivity contribution in [2.75, 3.05) is 18.9 Å². The number of aromatic nitrogens is 2. The molecule has 1 amide bonds. The number of rotatable bonds is 6. The molecule has 0 saturated heterocycles. The van der Waals surface area contributed by atoms with E-state index in [0.717, 1.165) is 5.69 Å². The molecule has 6 nitrogen and oxygen atoms in total. The molecule has 21 heavy (non-hydrogen) atoms. The van der Waals surface area contributed by atoms with Gasteiger partial charge in [-0.05, 0) is 31.3 Å². The predicted molar refractivity (Wildman–Crippen MR) is 80.1 cm³/mol. The average Bonchev–Trinajstić information content (AvgIpc) is 2.84. The van der Waals surface area contributed by atoms with Crippen LogP contribution in [0.15, 0.2) is 28.7 Å². The van der Waals surface area contributed by atoms with Crippen LogP contribution in [0.1, 0.15) is 18.2 Å². The number of hydrogen-bond donors (Lipinski definition) is 1. The molecule has 0 atom stereocenters.